The van der Waals surface area contributed by atoms with Crippen molar-refractivity contribution >= 4 is 21.7 Å². The molecule has 132 valence electrons. The number of nitrogens with one attached hydrogen (secondary N) is 1. The molecule has 1 N–H and O–H groups in total. The summed E-state index contributed by atoms with van der Waals surface area (Å²) in [5.74, 6) is -0.598. The molecule has 0 unspecified atom stereocenters. The average Bonchev–Trinajstić information content (AvgIpc) is 2.90. The topological polar surface area (TPSA) is 98.8 Å². The maximum atomic E-state index is 12.0. The molecule has 1 heterocycles. The van der Waals surface area contributed by atoms with Crippen molar-refractivity contribution in [1.29, 1.82) is 0 Å². The van der Waals surface area contributed by atoms with Gasteiger partial charge >= 0.3 is 5.97 Å². The monoisotopic (exact) mass is 355 g/mol. The molecule has 1 aliphatic heterocycles. The van der Waals surface area contributed by atoms with Crippen molar-refractivity contribution in [3.8, 4) is 5.75 Å². The number of sulfone groups is 1. The first-order valence-electron chi connectivity index (χ1n) is 7.77. The molecule has 8 heteroatoms. The molecular formula is C16H21NO6S. The van der Waals surface area contributed by atoms with Crippen molar-refractivity contribution in [3.05, 3.63) is 30.3 Å². The van der Waals surface area contributed by atoms with Crippen molar-refractivity contribution in [2.75, 3.05) is 18.1 Å². The van der Waals surface area contributed by atoms with Gasteiger partial charge in [-0.15, -0.1) is 0 Å². The minimum Gasteiger partial charge on any atom is -0.479 e. The van der Waals surface area contributed by atoms with Crippen molar-refractivity contribution in [1.82, 2.24) is 5.32 Å². The van der Waals surface area contributed by atoms with Gasteiger partial charge in [0.2, 0.25) is 0 Å². The highest BCUT2D eigenvalue weighted by atomic mass is 32.2. The SMILES string of the molecule is CC[C@H](Oc1ccccc1)C(=O)OCC(=O)N[C@H]1CCS(=O)(=O)C1. The molecule has 0 aromatic heterocycles. The Bertz CT molecular complexity index is 673. The Labute approximate surface area is 141 Å². The second-order valence-electron chi connectivity index (χ2n) is 5.60. The number of ether oxygens (including phenoxy) is 2. The summed E-state index contributed by atoms with van der Waals surface area (Å²) in [4.78, 5) is 23.8. The summed E-state index contributed by atoms with van der Waals surface area (Å²) in [5, 5.41) is 2.56. The highest BCUT2D eigenvalue weighted by Gasteiger charge is 2.29. The Kier molecular flexibility index (Phi) is 6.19. The number of hydrogen-bond acceptors (Lipinski definition) is 6. The van der Waals surface area contributed by atoms with Gasteiger partial charge in [0.25, 0.3) is 5.91 Å². The van der Waals surface area contributed by atoms with Crippen LogP contribution in [-0.4, -0.2) is 50.6 Å². The summed E-state index contributed by atoms with van der Waals surface area (Å²) in [6.45, 7) is 1.32. The molecule has 7 nitrogen and oxygen atoms in total. The summed E-state index contributed by atoms with van der Waals surface area (Å²) in [6.07, 6.45) is -0.0144. The van der Waals surface area contributed by atoms with Gasteiger partial charge in [0, 0.05) is 6.04 Å². The zero-order chi connectivity index (χ0) is 17.6. The minimum atomic E-state index is -3.07. The zero-order valence-corrected chi connectivity index (χ0v) is 14.3. The normalized spacial score (nSPS) is 20.1. The molecule has 0 saturated carbocycles. The lowest BCUT2D eigenvalue weighted by molar-refractivity contribution is -0.155. The summed E-state index contributed by atoms with van der Waals surface area (Å²) in [5.41, 5.74) is 0. The second kappa shape index (κ2) is 8.14. The van der Waals surface area contributed by atoms with E-state index in [1.807, 2.05) is 6.07 Å². The minimum absolute atomic E-state index is 0.0681. The molecule has 1 aliphatic rings. The van der Waals surface area contributed by atoms with E-state index in [2.05, 4.69) is 5.32 Å². The van der Waals surface area contributed by atoms with E-state index in [4.69, 9.17) is 9.47 Å². The Morgan fingerprint density at radius 2 is 2.00 bits per heavy atom. The Morgan fingerprint density at radius 3 is 2.58 bits per heavy atom. The number of para-hydroxylation sites is 1. The molecule has 1 fully saturated rings. The van der Waals surface area contributed by atoms with Crippen LogP contribution in [0, 0.1) is 0 Å². The van der Waals surface area contributed by atoms with E-state index in [9.17, 15) is 18.0 Å². The second-order valence-corrected chi connectivity index (χ2v) is 7.83. The molecule has 1 saturated heterocycles. The van der Waals surface area contributed by atoms with E-state index in [0.29, 0.717) is 18.6 Å². The molecule has 1 aromatic carbocycles. The van der Waals surface area contributed by atoms with Crippen LogP contribution in [0.25, 0.3) is 0 Å². The van der Waals surface area contributed by atoms with Gasteiger partial charge in [-0.25, -0.2) is 13.2 Å². The predicted molar refractivity (Wildman–Crippen MR) is 87.3 cm³/mol. The van der Waals surface area contributed by atoms with Crippen LogP contribution in [0.15, 0.2) is 30.3 Å². The number of esters is 1. The molecule has 1 aromatic rings. The fraction of sp³-hybridized carbons (Fsp3) is 0.500. The molecule has 1 amide bonds. The highest BCUT2D eigenvalue weighted by Crippen LogP contribution is 2.14. The van der Waals surface area contributed by atoms with Crippen LogP contribution < -0.4 is 10.1 Å². The van der Waals surface area contributed by atoms with Gasteiger partial charge in [0.1, 0.15) is 5.75 Å². The van der Waals surface area contributed by atoms with E-state index < -0.39 is 40.5 Å². The van der Waals surface area contributed by atoms with Gasteiger partial charge in [-0.3, -0.25) is 4.79 Å². The number of carbonyl (C=O) groups excluding carboxylic acids is 2. The van der Waals surface area contributed by atoms with E-state index in [0.717, 1.165) is 0 Å². The third-order valence-corrected chi connectivity index (χ3v) is 5.37. The van der Waals surface area contributed by atoms with Crippen molar-refractivity contribution in [2.24, 2.45) is 0 Å². The molecule has 24 heavy (non-hydrogen) atoms. The van der Waals surface area contributed by atoms with Crippen LogP contribution in [0.1, 0.15) is 19.8 Å². The fourth-order valence-electron chi connectivity index (χ4n) is 2.37. The summed E-state index contributed by atoms with van der Waals surface area (Å²) in [6, 6.07) is 8.45. The summed E-state index contributed by atoms with van der Waals surface area (Å²) >= 11 is 0. The van der Waals surface area contributed by atoms with E-state index >= 15 is 0 Å². The van der Waals surface area contributed by atoms with Crippen molar-refractivity contribution in [2.45, 2.75) is 31.9 Å². The number of hydrogen-bond donors (Lipinski definition) is 1. The molecule has 0 aliphatic carbocycles. The molecule has 0 spiro atoms. The van der Waals surface area contributed by atoms with Gasteiger partial charge in [-0.1, -0.05) is 25.1 Å². The molecule has 0 bridgehead atoms. The van der Waals surface area contributed by atoms with Crippen LogP contribution in [0.5, 0.6) is 5.75 Å². The van der Waals surface area contributed by atoms with Gasteiger partial charge in [0.15, 0.2) is 22.5 Å². The highest BCUT2D eigenvalue weighted by molar-refractivity contribution is 7.91. The maximum Gasteiger partial charge on any atom is 0.347 e. The number of rotatable bonds is 7. The first-order valence-corrected chi connectivity index (χ1v) is 9.60. The number of amides is 1. The van der Waals surface area contributed by atoms with Crippen LogP contribution in [0.2, 0.25) is 0 Å². The summed E-state index contributed by atoms with van der Waals surface area (Å²) in [7, 11) is -3.07. The lowest BCUT2D eigenvalue weighted by Crippen LogP contribution is -2.39. The van der Waals surface area contributed by atoms with Crippen LogP contribution in [-0.2, 0) is 24.2 Å². The first-order chi connectivity index (χ1) is 11.4. The van der Waals surface area contributed by atoms with Gasteiger partial charge in [-0.05, 0) is 25.0 Å². The van der Waals surface area contributed by atoms with Crippen LogP contribution in [0.4, 0.5) is 0 Å². The zero-order valence-electron chi connectivity index (χ0n) is 13.4. The lowest BCUT2D eigenvalue weighted by Gasteiger charge is -2.17. The third-order valence-electron chi connectivity index (χ3n) is 3.60. The Balaban J connectivity index is 1.77. The van der Waals surface area contributed by atoms with Gasteiger partial charge < -0.3 is 14.8 Å². The Hall–Kier alpha value is -2.09. The molecule has 2 rings (SSSR count). The smallest absolute Gasteiger partial charge is 0.347 e. The fourth-order valence-corrected chi connectivity index (χ4v) is 4.04. The van der Waals surface area contributed by atoms with E-state index in [-0.39, 0.29) is 11.5 Å². The molecule has 0 radical (unpaired) electrons. The first kappa shape index (κ1) is 18.3. The number of carbonyl (C=O) groups is 2. The average molecular weight is 355 g/mol. The van der Waals surface area contributed by atoms with E-state index in [1.165, 1.54) is 0 Å². The van der Waals surface area contributed by atoms with Gasteiger partial charge in [0.05, 0.1) is 11.5 Å². The quantitative estimate of drug-likeness (QED) is 0.723. The van der Waals surface area contributed by atoms with Crippen LogP contribution in [0.3, 0.4) is 0 Å². The van der Waals surface area contributed by atoms with Crippen molar-refractivity contribution < 1.29 is 27.5 Å². The molecule has 2 atom stereocenters. The molecular weight excluding hydrogens is 334 g/mol. The van der Waals surface area contributed by atoms with Gasteiger partial charge in [-0.2, -0.15) is 0 Å². The van der Waals surface area contributed by atoms with E-state index in [1.54, 1.807) is 31.2 Å². The standard InChI is InChI=1S/C16H21NO6S/c1-2-14(23-13-6-4-3-5-7-13)16(19)22-10-15(18)17-12-8-9-24(20,21)11-12/h3-7,12,14H,2,8-11H2,1H3,(H,17,18)/t12-,14-/m0/s1. The third kappa shape index (κ3) is 5.52. The Morgan fingerprint density at radius 1 is 1.29 bits per heavy atom. The lowest BCUT2D eigenvalue weighted by atomic mass is 10.2. The van der Waals surface area contributed by atoms with Crippen molar-refractivity contribution in [3.63, 3.8) is 0 Å². The largest absolute Gasteiger partial charge is 0.479 e. The summed E-state index contributed by atoms with van der Waals surface area (Å²) < 4.78 is 33.2. The van der Waals surface area contributed by atoms with Crippen LogP contribution >= 0.6 is 0 Å². The number of benzene rings is 1. The predicted octanol–water partition coefficient (Wildman–Crippen LogP) is 0.691. The maximum absolute atomic E-state index is 12.0.